The Labute approximate surface area is 164 Å². The molecule has 0 radical (unpaired) electrons. The largest absolute Gasteiger partial charge is 0.444 e. The van der Waals surface area contributed by atoms with Gasteiger partial charge in [0.1, 0.15) is 5.60 Å². The maximum absolute atomic E-state index is 12.6. The van der Waals surface area contributed by atoms with Gasteiger partial charge in [-0.1, -0.05) is 23.8 Å². The van der Waals surface area contributed by atoms with Gasteiger partial charge in [-0.05, 0) is 79.4 Å². The average molecular weight is 380 g/mol. The highest BCUT2D eigenvalue weighted by atomic mass is 16.6. The molecule has 0 aliphatic rings. The Bertz CT molecular complexity index is 614. The van der Waals surface area contributed by atoms with Crippen LogP contribution in [0.25, 0.3) is 0 Å². The number of carbonyl (C=O) groups excluding carboxylic acids is 1. The fourth-order valence-electron chi connectivity index (χ4n) is 2.75. The van der Waals surface area contributed by atoms with E-state index in [0.717, 1.165) is 12.8 Å². The predicted octanol–water partition coefficient (Wildman–Crippen LogP) is 4.61. The van der Waals surface area contributed by atoms with E-state index in [-0.39, 0.29) is 6.54 Å². The van der Waals surface area contributed by atoms with Gasteiger partial charge >= 0.3 is 6.09 Å². The van der Waals surface area contributed by atoms with Crippen LogP contribution in [0.2, 0.25) is 0 Å². The van der Waals surface area contributed by atoms with Crippen LogP contribution in [0.3, 0.4) is 0 Å². The Hall–Kier alpha value is -1.59. The molecule has 0 aliphatic carbocycles. The molecule has 1 atom stereocenters. The minimum atomic E-state index is -1.06. The Kier molecular flexibility index (Phi) is 8.30. The lowest BCUT2D eigenvalue weighted by atomic mass is 10.0. The van der Waals surface area contributed by atoms with Crippen LogP contribution in [0, 0.1) is 13.8 Å². The second-order valence-electron chi connectivity index (χ2n) is 9.14. The molecule has 154 valence electrons. The predicted molar refractivity (Wildman–Crippen MR) is 109 cm³/mol. The molecule has 0 aliphatic heterocycles. The van der Waals surface area contributed by atoms with E-state index in [0.29, 0.717) is 6.54 Å². The number of carbonyl (C=O) groups is 1. The van der Waals surface area contributed by atoms with Crippen molar-refractivity contribution in [1.82, 2.24) is 4.90 Å². The van der Waals surface area contributed by atoms with Crippen LogP contribution in [-0.4, -0.2) is 46.7 Å². The van der Waals surface area contributed by atoms with Crippen molar-refractivity contribution in [2.75, 3.05) is 13.1 Å². The number of ether oxygens (including phenoxy) is 2. The molecule has 0 spiro atoms. The molecule has 0 saturated heterocycles. The maximum atomic E-state index is 12.6. The number of rotatable bonds is 7. The standard InChI is InChI=1S/C22H37NO4/c1-16-11-12-17(2)18(14-16)10-9-13-23(20(25)27-22(6,7)8)15-19(24)26-21(3,4)5/h11-12,14,19,24H,9-10,13,15H2,1-8H3. The molecule has 1 unspecified atom stereocenters. The van der Waals surface area contributed by atoms with E-state index < -0.39 is 23.6 Å². The summed E-state index contributed by atoms with van der Waals surface area (Å²) in [6.07, 6.45) is 0.160. The number of aliphatic hydroxyl groups is 1. The molecule has 0 bridgehead atoms. The van der Waals surface area contributed by atoms with E-state index >= 15 is 0 Å². The molecular weight excluding hydrogens is 342 g/mol. The van der Waals surface area contributed by atoms with Gasteiger partial charge in [0.25, 0.3) is 0 Å². The number of benzene rings is 1. The lowest BCUT2D eigenvalue weighted by Crippen LogP contribution is -2.44. The lowest BCUT2D eigenvalue weighted by Gasteiger charge is -2.31. The minimum absolute atomic E-state index is 0.0823. The van der Waals surface area contributed by atoms with Gasteiger partial charge in [-0.2, -0.15) is 0 Å². The van der Waals surface area contributed by atoms with Crippen LogP contribution < -0.4 is 0 Å². The zero-order chi connectivity index (χ0) is 20.8. The zero-order valence-electron chi connectivity index (χ0n) is 18.3. The fourth-order valence-corrected chi connectivity index (χ4v) is 2.75. The summed E-state index contributed by atoms with van der Waals surface area (Å²) in [4.78, 5) is 14.1. The number of nitrogens with zero attached hydrogens (tertiary/aromatic N) is 1. The molecule has 0 aromatic heterocycles. The van der Waals surface area contributed by atoms with Crippen LogP contribution in [0.1, 0.15) is 64.7 Å². The first-order valence-corrected chi connectivity index (χ1v) is 9.67. The summed E-state index contributed by atoms with van der Waals surface area (Å²) < 4.78 is 11.1. The summed E-state index contributed by atoms with van der Waals surface area (Å²) in [5.74, 6) is 0. The third kappa shape index (κ3) is 9.78. The first kappa shape index (κ1) is 23.4. The molecule has 1 aromatic carbocycles. The van der Waals surface area contributed by atoms with E-state index in [1.54, 1.807) is 0 Å². The van der Waals surface area contributed by atoms with E-state index in [1.165, 1.54) is 21.6 Å². The Balaban J connectivity index is 2.75. The van der Waals surface area contributed by atoms with Gasteiger partial charge in [0, 0.05) is 6.54 Å². The highest BCUT2D eigenvalue weighted by molar-refractivity contribution is 5.68. The quantitative estimate of drug-likeness (QED) is 0.703. The second-order valence-corrected chi connectivity index (χ2v) is 9.14. The van der Waals surface area contributed by atoms with Crippen molar-refractivity contribution in [2.24, 2.45) is 0 Å². The van der Waals surface area contributed by atoms with Crippen molar-refractivity contribution >= 4 is 6.09 Å². The molecule has 27 heavy (non-hydrogen) atoms. The van der Waals surface area contributed by atoms with Crippen molar-refractivity contribution in [3.63, 3.8) is 0 Å². The van der Waals surface area contributed by atoms with Crippen LogP contribution >= 0.6 is 0 Å². The van der Waals surface area contributed by atoms with E-state index in [9.17, 15) is 9.90 Å². The summed E-state index contributed by atoms with van der Waals surface area (Å²) in [5.41, 5.74) is 2.69. The molecule has 0 saturated carbocycles. The summed E-state index contributed by atoms with van der Waals surface area (Å²) in [7, 11) is 0. The third-order valence-corrected chi connectivity index (χ3v) is 3.90. The second kappa shape index (κ2) is 9.56. The lowest BCUT2D eigenvalue weighted by molar-refractivity contribution is -0.172. The van der Waals surface area contributed by atoms with E-state index in [2.05, 4.69) is 32.0 Å². The van der Waals surface area contributed by atoms with Crippen LogP contribution in [-0.2, 0) is 15.9 Å². The molecule has 1 aromatic rings. The number of amides is 1. The summed E-state index contributed by atoms with van der Waals surface area (Å²) >= 11 is 0. The Morgan fingerprint density at radius 1 is 1.11 bits per heavy atom. The maximum Gasteiger partial charge on any atom is 0.410 e. The van der Waals surface area contributed by atoms with Crippen LogP contribution in [0.15, 0.2) is 18.2 Å². The van der Waals surface area contributed by atoms with Crippen molar-refractivity contribution < 1.29 is 19.4 Å². The van der Waals surface area contributed by atoms with E-state index in [4.69, 9.17) is 9.47 Å². The van der Waals surface area contributed by atoms with Gasteiger partial charge in [0.15, 0.2) is 6.29 Å². The van der Waals surface area contributed by atoms with Gasteiger partial charge in [0.05, 0.1) is 12.1 Å². The highest BCUT2D eigenvalue weighted by Crippen LogP contribution is 2.16. The summed E-state index contributed by atoms with van der Waals surface area (Å²) in [6, 6.07) is 6.41. The normalized spacial score (nSPS) is 13.4. The first-order valence-electron chi connectivity index (χ1n) is 9.67. The van der Waals surface area contributed by atoms with E-state index in [1.807, 2.05) is 41.5 Å². The molecule has 1 N–H and O–H groups in total. The van der Waals surface area contributed by atoms with Crippen LogP contribution in [0.4, 0.5) is 4.79 Å². The average Bonchev–Trinajstić information content (AvgIpc) is 2.46. The highest BCUT2D eigenvalue weighted by Gasteiger charge is 2.26. The molecular formula is C22H37NO4. The number of aliphatic hydroxyl groups excluding tert-OH is 1. The minimum Gasteiger partial charge on any atom is -0.444 e. The summed E-state index contributed by atoms with van der Waals surface area (Å²) in [5, 5.41) is 10.2. The monoisotopic (exact) mass is 379 g/mol. The zero-order valence-corrected chi connectivity index (χ0v) is 18.3. The smallest absolute Gasteiger partial charge is 0.410 e. The molecule has 5 heteroatoms. The number of aryl methyl sites for hydroxylation is 3. The third-order valence-electron chi connectivity index (χ3n) is 3.90. The number of hydrogen-bond donors (Lipinski definition) is 1. The molecule has 5 nitrogen and oxygen atoms in total. The SMILES string of the molecule is Cc1ccc(C)c(CCCN(CC(O)OC(C)(C)C)C(=O)OC(C)(C)C)c1. The molecule has 1 rings (SSSR count). The Morgan fingerprint density at radius 3 is 2.30 bits per heavy atom. The van der Waals surface area contributed by atoms with Gasteiger partial charge in [-0.15, -0.1) is 0 Å². The Morgan fingerprint density at radius 2 is 1.74 bits per heavy atom. The van der Waals surface area contributed by atoms with Crippen molar-refractivity contribution in [3.8, 4) is 0 Å². The first-order chi connectivity index (χ1) is 12.3. The van der Waals surface area contributed by atoms with Crippen molar-refractivity contribution in [3.05, 3.63) is 34.9 Å². The van der Waals surface area contributed by atoms with Gasteiger partial charge in [0.2, 0.25) is 0 Å². The van der Waals surface area contributed by atoms with Gasteiger partial charge in [-0.3, -0.25) is 0 Å². The van der Waals surface area contributed by atoms with Crippen molar-refractivity contribution in [2.45, 2.75) is 85.7 Å². The topological polar surface area (TPSA) is 59.0 Å². The summed E-state index contributed by atoms with van der Waals surface area (Å²) in [6.45, 7) is 15.9. The fraction of sp³-hybridized carbons (Fsp3) is 0.682. The molecule has 1 amide bonds. The molecule has 0 fully saturated rings. The van der Waals surface area contributed by atoms with Gasteiger partial charge < -0.3 is 19.5 Å². The number of hydrogen-bond acceptors (Lipinski definition) is 4. The van der Waals surface area contributed by atoms with Crippen molar-refractivity contribution in [1.29, 1.82) is 0 Å². The van der Waals surface area contributed by atoms with Crippen LogP contribution in [0.5, 0.6) is 0 Å². The van der Waals surface area contributed by atoms with Gasteiger partial charge in [-0.25, -0.2) is 4.79 Å². The molecule has 0 heterocycles.